The topological polar surface area (TPSA) is 50.7 Å². The molecule has 1 aromatic carbocycles. The van der Waals surface area contributed by atoms with E-state index in [9.17, 15) is 5.11 Å². The van der Waals surface area contributed by atoms with Crippen LogP contribution in [0.3, 0.4) is 0 Å². The second-order valence-electron chi connectivity index (χ2n) is 5.26. The Morgan fingerprint density at radius 3 is 3.10 bits per heavy atom. The van der Waals surface area contributed by atoms with Gasteiger partial charge >= 0.3 is 0 Å². The Kier molecular flexibility index (Phi) is 6.47. The fraction of sp³-hybridized carbons (Fsp3) is 0.625. The van der Waals surface area contributed by atoms with Crippen molar-refractivity contribution in [2.45, 2.75) is 31.5 Å². The van der Waals surface area contributed by atoms with E-state index >= 15 is 0 Å². The average molecular weight is 279 g/mol. The van der Waals surface area contributed by atoms with E-state index in [1.165, 1.54) is 11.1 Å². The number of ether oxygens (including phenoxy) is 2. The van der Waals surface area contributed by atoms with Crippen LogP contribution in [0.25, 0.3) is 0 Å². The molecule has 4 nitrogen and oxygen atoms in total. The van der Waals surface area contributed by atoms with Gasteiger partial charge in [0, 0.05) is 20.2 Å². The Balaban J connectivity index is 1.74. The van der Waals surface area contributed by atoms with Crippen molar-refractivity contribution in [1.29, 1.82) is 0 Å². The highest BCUT2D eigenvalue weighted by atomic mass is 16.5. The lowest BCUT2D eigenvalue weighted by Crippen LogP contribution is -2.33. The van der Waals surface area contributed by atoms with Gasteiger partial charge < -0.3 is 19.9 Å². The van der Waals surface area contributed by atoms with Crippen LogP contribution in [0.4, 0.5) is 0 Å². The number of aliphatic hydroxyl groups is 1. The molecule has 2 N–H and O–H groups in total. The molecular weight excluding hydrogens is 254 g/mol. The van der Waals surface area contributed by atoms with Gasteiger partial charge in [0.25, 0.3) is 0 Å². The molecule has 112 valence electrons. The lowest BCUT2D eigenvalue weighted by Gasteiger charge is -2.26. The fourth-order valence-corrected chi connectivity index (χ4v) is 2.61. The molecule has 0 unspecified atom stereocenters. The molecule has 1 aliphatic carbocycles. The number of nitrogens with one attached hydrogen (secondary N) is 1. The van der Waals surface area contributed by atoms with E-state index in [0.29, 0.717) is 19.8 Å². The van der Waals surface area contributed by atoms with Crippen LogP contribution in [-0.2, 0) is 15.9 Å². The maximum absolute atomic E-state index is 9.90. The number of hydrogen-bond donors (Lipinski definition) is 2. The quantitative estimate of drug-likeness (QED) is 0.711. The van der Waals surface area contributed by atoms with Crippen LogP contribution < -0.4 is 5.32 Å². The van der Waals surface area contributed by atoms with Crippen molar-refractivity contribution in [3.63, 3.8) is 0 Å². The van der Waals surface area contributed by atoms with E-state index in [1.807, 2.05) is 0 Å². The zero-order valence-corrected chi connectivity index (χ0v) is 12.2. The van der Waals surface area contributed by atoms with Gasteiger partial charge in [0.1, 0.15) is 0 Å². The number of hydrogen-bond acceptors (Lipinski definition) is 4. The summed E-state index contributed by atoms with van der Waals surface area (Å²) in [6.45, 7) is 2.32. The molecule has 2 atom stereocenters. The molecule has 0 aliphatic heterocycles. The van der Waals surface area contributed by atoms with Crippen LogP contribution >= 0.6 is 0 Å². The van der Waals surface area contributed by atoms with Crippen molar-refractivity contribution in [3.05, 3.63) is 35.4 Å². The van der Waals surface area contributed by atoms with Crippen molar-refractivity contribution in [2.24, 2.45) is 0 Å². The Hall–Kier alpha value is -0.940. The third kappa shape index (κ3) is 4.56. The summed E-state index contributed by atoms with van der Waals surface area (Å²) < 4.78 is 10.8. The zero-order chi connectivity index (χ0) is 14.2. The van der Waals surface area contributed by atoms with E-state index in [2.05, 4.69) is 29.6 Å². The number of aliphatic hydroxyl groups excluding tert-OH is 1. The van der Waals surface area contributed by atoms with Crippen LogP contribution in [0.15, 0.2) is 24.3 Å². The minimum absolute atomic E-state index is 0.133. The first kappa shape index (κ1) is 15.4. The summed E-state index contributed by atoms with van der Waals surface area (Å²) >= 11 is 0. The summed E-state index contributed by atoms with van der Waals surface area (Å²) in [5, 5.41) is 13.0. The van der Waals surface area contributed by atoms with E-state index < -0.39 is 6.10 Å². The Labute approximate surface area is 121 Å². The second kappa shape index (κ2) is 8.37. The summed E-state index contributed by atoms with van der Waals surface area (Å²) in [6.07, 6.45) is 3.00. The number of methoxy groups -OCH3 is 1. The molecule has 0 aromatic heterocycles. The average Bonchev–Trinajstić information content (AvgIpc) is 2.49. The first-order valence-corrected chi connectivity index (χ1v) is 7.38. The molecule has 1 aromatic rings. The molecule has 0 saturated heterocycles. The lowest BCUT2D eigenvalue weighted by atomic mass is 9.89. The van der Waals surface area contributed by atoms with E-state index in [-0.39, 0.29) is 6.10 Å². The highest BCUT2D eigenvalue weighted by Crippen LogP contribution is 2.32. The Morgan fingerprint density at radius 1 is 1.40 bits per heavy atom. The van der Waals surface area contributed by atoms with Crippen molar-refractivity contribution < 1.29 is 14.6 Å². The lowest BCUT2D eigenvalue weighted by molar-refractivity contribution is -0.0169. The first-order valence-electron chi connectivity index (χ1n) is 7.38. The summed E-state index contributed by atoms with van der Waals surface area (Å²) in [4.78, 5) is 0. The predicted octanol–water partition coefficient (Wildman–Crippen LogP) is 1.68. The maximum Gasteiger partial charge on any atom is 0.0897 e. The number of rotatable bonds is 8. The van der Waals surface area contributed by atoms with Gasteiger partial charge in [-0.3, -0.25) is 0 Å². The van der Waals surface area contributed by atoms with Gasteiger partial charge in [0.05, 0.1) is 25.4 Å². The number of fused-ring (bicyclic) bond motifs is 1. The van der Waals surface area contributed by atoms with Crippen LogP contribution in [-0.4, -0.2) is 44.6 Å². The number of aryl methyl sites for hydroxylation is 1. The van der Waals surface area contributed by atoms with Gasteiger partial charge in [0.2, 0.25) is 0 Å². The molecular formula is C16H25NO3. The SMILES string of the molecule is COCCNC[C@H](O)CO[C@@H]1CCCc2ccccc21. The standard InChI is InChI=1S/C16H25NO3/c1-19-10-9-17-11-14(18)12-20-16-8-4-6-13-5-2-3-7-15(13)16/h2-3,5,7,14,16-18H,4,6,8-12H2,1H3/t14-,16+/m0/s1. The molecule has 4 heteroatoms. The third-order valence-electron chi connectivity index (χ3n) is 3.67. The van der Waals surface area contributed by atoms with Crippen molar-refractivity contribution in [3.8, 4) is 0 Å². The van der Waals surface area contributed by atoms with Crippen LogP contribution in [0.5, 0.6) is 0 Å². The highest BCUT2D eigenvalue weighted by molar-refractivity contribution is 5.31. The Bertz CT molecular complexity index is 397. The van der Waals surface area contributed by atoms with Crippen LogP contribution in [0.2, 0.25) is 0 Å². The molecule has 0 spiro atoms. The minimum atomic E-state index is -0.471. The zero-order valence-electron chi connectivity index (χ0n) is 12.2. The number of benzene rings is 1. The maximum atomic E-state index is 9.90. The third-order valence-corrected chi connectivity index (χ3v) is 3.67. The van der Waals surface area contributed by atoms with Gasteiger partial charge in [-0.2, -0.15) is 0 Å². The predicted molar refractivity (Wildman–Crippen MR) is 78.8 cm³/mol. The molecule has 20 heavy (non-hydrogen) atoms. The van der Waals surface area contributed by atoms with Crippen LogP contribution in [0.1, 0.15) is 30.1 Å². The molecule has 0 saturated carbocycles. The van der Waals surface area contributed by atoms with Crippen molar-refractivity contribution in [1.82, 2.24) is 5.32 Å². The normalized spacial score (nSPS) is 19.6. The summed E-state index contributed by atoms with van der Waals surface area (Å²) in [7, 11) is 1.67. The molecule has 2 rings (SSSR count). The molecule has 0 amide bonds. The summed E-state index contributed by atoms with van der Waals surface area (Å²) in [5.41, 5.74) is 2.68. The molecule has 1 aliphatic rings. The summed E-state index contributed by atoms with van der Waals surface area (Å²) in [5.74, 6) is 0. The molecule has 0 radical (unpaired) electrons. The minimum Gasteiger partial charge on any atom is -0.389 e. The largest absolute Gasteiger partial charge is 0.389 e. The fourth-order valence-electron chi connectivity index (χ4n) is 2.61. The van der Waals surface area contributed by atoms with Gasteiger partial charge in [-0.15, -0.1) is 0 Å². The van der Waals surface area contributed by atoms with Crippen molar-refractivity contribution in [2.75, 3.05) is 33.4 Å². The molecule has 0 bridgehead atoms. The van der Waals surface area contributed by atoms with Gasteiger partial charge in [-0.1, -0.05) is 24.3 Å². The second-order valence-corrected chi connectivity index (χ2v) is 5.26. The van der Waals surface area contributed by atoms with Gasteiger partial charge in [-0.05, 0) is 30.4 Å². The summed E-state index contributed by atoms with van der Waals surface area (Å²) in [6, 6.07) is 8.45. The molecule has 0 fully saturated rings. The van der Waals surface area contributed by atoms with Gasteiger partial charge in [-0.25, -0.2) is 0 Å². The van der Waals surface area contributed by atoms with Crippen LogP contribution in [0, 0.1) is 0 Å². The van der Waals surface area contributed by atoms with E-state index in [0.717, 1.165) is 25.8 Å². The smallest absolute Gasteiger partial charge is 0.0897 e. The van der Waals surface area contributed by atoms with E-state index in [4.69, 9.17) is 9.47 Å². The highest BCUT2D eigenvalue weighted by Gasteiger charge is 2.21. The van der Waals surface area contributed by atoms with E-state index in [1.54, 1.807) is 7.11 Å². The first-order chi connectivity index (χ1) is 9.81. The molecule has 0 heterocycles. The monoisotopic (exact) mass is 279 g/mol. The Morgan fingerprint density at radius 2 is 2.25 bits per heavy atom. The van der Waals surface area contributed by atoms with Crippen molar-refractivity contribution >= 4 is 0 Å². The van der Waals surface area contributed by atoms with Gasteiger partial charge in [0.15, 0.2) is 0 Å².